The summed E-state index contributed by atoms with van der Waals surface area (Å²) < 4.78 is 1.43. The molecule has 0 aliphatic rings. The highest BCUT2D eigenvalue weighted by molar-refractivity contribution is 6.00. The molecule has 0 aliphatic heterocycles. The summed E-state index contributed by atoms with van der Waals surface area (Å²) in [6.45, 7) is 0. The number of carbonyl (C=O) groups excluding carboxylic acids is 2. The van der Waals surface area contributed by atoms with E-state index in [0.29, 0.717) is 5.69 Å². The summed E-state index contributed by atoms with van der Waals surface area (Å²) in [6.07, 6.45) is 4.63. The first-order valence-electron chi connectivity index (χ1n) is 8.21. The van der Waals surface area contributed by atoms with Crippen molar-refractivity contribution in [3.8, 4) is 22.9 Å². The number of allylic oxidation sites excluding steroid dienone is 1. The van der Waals surface area contributed by atoms with E-state index in [1.807, 2.05) is 54.6 Å². The van der Waals surface area contributed by atoms with Gasteiger partial charge in [0.25, 0.3) is 5.91 Å². The topological polar surface area (TPSA) is 140 Å². The minimum Gasteiger partial charge on any atom is -0.364 e. The summed E-state index contributed by atoms with van der Waals surface area (Å²) in [7, 11) is 0. The van der Waals surface area contributed by atoms with Gasteiger partial charge in [0.2, 0.25) is 0 Å². The molecule has 8 heteroatoms. The van der Waals surface area contributed by atoms with Crippen LogP contribution in [0.2, 0.25) is 0 Å². The van der Waals surface area contributed by atoms with Crippen LogP contribution in [-0.2, 0) is 0 Å². The highest BCUT2D eigenvalue weighted by Gasteiger charge is 2.16. The Bertz CT molecular complexity index is 1110. The molecule has 0 fully saturated rings. The van der Waals surface area contributed by atoms with Crippen LogP contribution in [0.15, 0.2) is 60.8 Å². The van der Waals surface area contributed by atoms with Crippen molar-refractivity contribution in [3.05, 3.63) is 72.1 Å². The number of hydrogen-bond donors (Lipinski definition) is 3. The van der Waals surface area contributed by atoms with Crippen LogP contribution in [0.5, 0.6) is 0 Å². The van der Waals surface area contributed by atoms with E-state index in [1.165, 1.54) is 17.0 Å². The van der Waals surface area contributed by atoms with Gasteiger partial charge in [0.05, 0.1) is 23.6 Å². The molecule has 0 atom stereocenters. The SMILES string of the molecule is N#C/C=C/c1cccc(-c2ccc(-n3cc(NC(N)=O)c(C(N)=O)n3)cc2)c1. The number of nitrogens with two attached hydrogens (primary N) is 2. The highest BCUT2D eigenvalue weighted by Crippen LogP contribution is 2.24. The third-order valence-corrected chi connectivity index (χ3v) is 3.91. The van der Waals surface area contributed by atoms with E-state index in [9.17, 15) is 9.59 Å². The standard InChI is InChI=1S/C20H16N6O2/c21-10-2-4-13-3-1-5-15(11-13)14-6-8-16(9-7-14)26-12-17(24-20(23)28)18(25-26)19(22)27/h1-9,11-12H,(H2,22,27)(H3,23,24,28)/b4-2+. The summed E-state index contributed by atoms with van der Waals surface area (Å²) in [5.74, 6) is -0.777. The fraction of sp³-hybridized carbons (Fsp3) is 0. The molecule has 1 aromatic heterocycles. The number of nitrogens with one attached hydrogen (secondary N) is 1. The van der Waals surface area contributed by atoms with Crippen LogP contribution in [0.25, 0.3) is 22.9 Å². The van der Waals surface area contributed by atoms with Crippen LogP contribution in [0.1, 0.15) is 16.1 Å². The van der Waals surface area contributed by atoms with Crippen molar-refractivity contribution in [2.75, 3.05) is 5.32 Å². The van der Waals surface area contributed by atoms with Crippen molar-refractivity contribution in [1.82, 2.24) is 9.78 Å². The second kappa shape index (κ2) is 7.88. The lowest BCUT2D eigenvalue weighted by Gasteiger charge is -2.06. The van der Waals surface area contributed by atoms with E-state index >= 15 is 0 Å². The number of hydrogen-bond acceptors (Lipinski definition) is 4. The minimum absolute atomic E-state index is 0.0835. The molecule has 2 aromatic carbocycles. The van der Waals surface area contributed by atoms with E-state index < -0.39 is 11.9 Å². The molecule has 0 radical (unpaired) electrons. The van der Waals surface area contributed by atoms with Gasteiger partial charge in [0, 0.05) is 6.08 Å². The van der Waals surface area contributed by atoms with Crippen LogP contribution in [0, 0.1) is 11.3 Å². The van der Waals surface area contributed by atoms with Gasteiger partial charge in [0.1, 0.15) is 0 Å². The van der Waals surface area contributed by atoms with Crippen molar-refractivity contribution < 1.29 is 9.59 Å². The normalized spacial score (nSPS) is 10.5. The predicted octanol–water partition coefficient (Wildman–Crippen LogP) is 2.67. The molecule has 3 amide bonds. The van der Waals surface area contributed by atoms with E-state index in [-0.39, 0.29) is 11.4 Å². The molecular formula is C20H16N6O2. The van der Waals surface area contributed by atoms with Crippen LogP contribution >= 0.6 is 0 Å². The average molecular weight is 372 g/mol. The van der Waals surface area contributed by atoms with Gasteiger partial charge in [0.15, 0.2) is 5.69 Å². The summed E-state index contributed by atoms with van der Waals surface area (Å²) in [6, 6.07) is 16.3. The zero-order valence-electron chi connectivity index (χ0n) is 14.7. The number of aromatic nitrogens is 2. The zero-order valence-corrected chi connectivity index (χ0v) is 14.7. The Balaban J connectivity index is 1.91. The Morgan fingerprint density at radius 3 is 2.50 bits per heavy atom. The maximum absolute atomic E-state index is 11.5. The predicted molar refractivity (Wildman–Crippen MR) is 105 cm³/mol. The van der Waals surface area contributed by atoms with Crippen molar-refractivity contribution in [2.45, 2.75) is 0 Å². The van der Waals surface area contributed by atoms with Gasteiger partial charge in [-0.3, -0.25) is 4.79 Å². The van der Waals surface area contributed by atoms with Gasteiger partial charge < -0.3 is 16.8 Å². The summed E-state index contributed by atoms with van der Waals surface area (Å²) >= 11 is 0. The van der Waals surface area contributed by atoms with E-state index in [2.05, 4.69) is 10.4 Å². The van der Waals surface area contributed by atoms with Crippen LogP contribution in [0.3, 0.4) is 0 Å². The second-order valence-corrected chi connectivity index (χ2v) is 5.82. The van der Waals surface area contributed by atoms with Gasteiger partial charge in [-0.2, -0.15) is 10.4 Å². The van der Waals surface area contributed by atoms with Gasteiger partial charge >= 0.3 is 6.03 Å². The molecule has 1 heterocycles. The van der Waals surface area contributed by atoms with Gasteiger partial charge in [-0.1, -0.05) is 30.3 Å². The van der Waals surface area contributed by atoms with Gasteiger partial charge in [-0.25, -0.2) is 9.48 Å². The third-order valence-electron chi connectivity index (χ3n) is 3.91. The smallest absolute Gasteiger partial charge is 0.316 e. The molecule has 28 heavy (non-hydrogen) atoms. The van der Waals surface area contributed by atoms with E-state index in [1.54, 1.807) is 6.08 Å². The average Bonchev–Trinajstić information content (AvgIpc) is 3.10. The molecule has 8 nitrogen and oxygen atoms in total. The van der Waals surface area contributed by atoms with E-state index in [0.717, 1.165) is 16.7 Å². The van der Waals surface area contributed by atoms with Crippen molar-refractivity contribution >= 4 is 23.7 Å². The van der Waals surface area contributed by atoms with Crippen molar-refractivity contribution in [1.29, 1.82) is 5.26 Å². The number of benzene rings is 2. The Labute approximate surface area is 160 Å². The molecule has 0 bridgehead atoms. The maximum Gasteiger partial charge on any atom is 0.316 e. The fourth-order valence-corrected chi connectivity index (χ4v) is 2.67. The number of primary amides is 2. The molecule has 0 saturated heterocycles. The molecule has 138 valence electrons. The Morgan fingerprint density at radius 1 is 1.11 bits per heavy atom. The third kappa shape index (κ3) is 4.05. The van der Waals surface area contributed by atoms with Crippen molar-refractivity contribution in [3.63, 3.8) is 0 Å². The zero-order chi connectivity index (χ0) is 20.1. The number of amides is 3. The fourth-order valence-electron chi connectivity index (χ4n) is 2.67. The second-order valence-electron chi connectivity index (χ2n) is 5.82. The Morgan fingerprint density at radius 2 is 1.86 bits per heavy atom. The lowest BCUT2D eigenvalue weighted by atomic mass is 10.0. The molecule has 0 aliphatic carbocycles. The summed E-state index contributed by atoms with van der Waals surface area (Å²) in [5.41, 5.74) is 14.0. The number of carbonyl (C=O) groups is 2. The minimum atomic E-state index is -0.817. The molecule has 3 aromatic rings. The number of anilines is 1. The first-order valence-corrected chi connectivity index (χ1v) is 8.21. The largest absolute Gasteiger partial charge is 0.364 e. The van der Waals surface area contributed by atoms with Crippen molar-refractivity contribution in [2.24, 2.45) is 11.5 Å². The molecular weight excluding hydrogens is 356 g/mol. The van der Waals surface area contributed by atoms with Gasteiger partial charge in [-0.05, 0) is 41.0 Å². The number of nitrogens with zero attached hydrogens (tertiary/aromatic N) is 3. The van der Waals surface area contributed by atoms with E-state index in [4.69, 9.17) is 16.7 Å². The molecule has 0 spiro atoms. The van der Waals surface area contributed by atoms with Gasteiger partial charge in [-0.15, -0.1) is 0 Å². The number of rotatable bonds is 5. The molecule has 0 saturated carbocycles. The highest BCUT2D eigenvalue weighted by atomic mass is 16.2. The Hall–Kier alpha value is -4.38. The lowest BCUT2D eigenvalue weighted by molar-refractivity contribution is 0.0996. The number of urea groups is 1. The maximum atomic E-state index is 11.5. The first kappa shape index (κ1) is 18.4. The van der Waals surface area contributed by atoms with Crippen LogP contribution in [0.4, 0.5) is 10.5 Å². The Kier molecular flexibility index (Phi) is 5.18. The molecule has 5 N–H and O–H groups in total. The van der Waals surface area contributed by atoms with Crippen LogP contribution in [-0.4, -0.2) is 21.7 Å². The van der Waals surface area contributed by atoms with Crippen LogP contribution < -0.4 is 16.8 Å². The quantitative estimate of drug-likeness (QED) is 0.592. The monoisotopic (exact) mass is 372 g/mol. The molecule has 0 unspecified atom stereocenters. The summed E-state index contributed by atoms with van der Waals surface area (Å²) in [4.78, 5) is 22.6. The lowest BCUT2D eigenvalue weighted by Crippen LogP contribution is -2.22. The number of nitriles is 1. The summed E-state index contributed by atoms with van der Waals surface area (Å²) in [5, 5.41) is 15.1. The molecule has 3 rings (SSSR count). The first-order chi connectivity index (χ1) is 13.5.